The number of amides is 2. The van der Waals surface area contributed by atoms with Gasteiger partial charge in [-0.25, -0.2) is 4.39 Å². The van der Waals surface area contributed by atoms with E-state index in [1.54, 1.807) is 35.3 Å². The zero-order chi connectivity index (χ0) is 26.4. The number of aliphatic hydroxyl groups excluding tert-OH is 2. The van der Waals surface area contributed by atoms with Gasteiger partial charge in [-0.15, -0.1) is 6.58 Å². The summed E-state index contributed by atoms with van der Waals surface area (Å²) < 4.78 is 19.7. The molecular formula is C29H33FN2O5. The highest BCUT2D eigenvalue weighted by Gasteiger charge is 2.50. The molecule has 2 aromatic rings. The van der Waals surface area contributed by atoms with E-state index in [2.05, 4.69) is 11.9 Å². The van der Waals surface area contributed by atoms with Crippen molar-refractivity contribution < 1.29 is 28.9 Å². The Kier molecular flexibility index (Phi) is 8.74. The average Bonchev–Trinajstić information content (AvgIpc) is 3.30. The van der Waals surface area contributed by atoms with E-state index in [1.165, 1.54) is 12.1 Å². The average molecular weight is 509 g/mol. The number of rotatable bonds is 11. The smallest absolute Gasteiger partial charge is 0.247 e. The Labute approximate surface area is 216 Å². The normalized spacial score (nSPS) is 21.8. The fourth-order valence-electron chi connectivity index (χ4n) is 5.05. The van der Waals surface area contributed by atoms with Crippen LogP contribution in [0, 0.1) is 5.82 Å². The van der Waals surface area contributed by atoms with Gasteiger partial charge in [-0.1, -0.05) is 36.4 Å². The van der Waals surface area contributed by atoms with E-state index in [0.29, 0.717) is 23.3 Å². The standard InChI is InChI=1S/C29H33FN2O5/c1-2-3-4-5-10-25(34)32(18-19-11-13-20(30)14-12-19)23-17-22(29(36)31-15-16-33)26-21-8-6-7-9-24(21)37-28(26)27(23)35/h2,6-9,11-14,17,23,26-28,33,35H,1,3-5,10,15-16,18H2,(H,31,36). The van der Waals surface area contributed by atoms with Crippen LogP contribution in [0.25, 0.3) is 0 Å². The highest BCUT2D eigenvalue weighted by molar-refractivity contribution is 5.96. The molecule has 0 saturated carbocycles. The monoisotopic (exact) mass is 508 g/mol. The summed E-state index contributed by atoms with van der Waals surface area (Å²) in [5, 5.41) is 23.5. The molecule has 4 rings (SSSR count). The predicted octanol–water partition coefficient (Wildman–Crippen LogP) is 3.22. The molecule has 1 aliphatic heterocycles. The topological polar surface area (TPSA) is 99.1 Å². The van der Waals surface area contributed by atoms with Crippen LogP contribution < -0.4 is 10.1 Å². The molecule has 0 aromatic heterocycles. The number of hydrogen-bond donors (Lipinski definition) is 3. The molecule has 2 aromatic carbocycles. The molecule has 0 saturated heterocycles. The van der Waals surface area contributed by atoms with Crippen molar-refractivity contribution in [3.05, 3.63) is 89.8 Å². The largest absolute Gasteiger partial charge is 0.486 e. The number of halogens is 1. The van der Waals surface area contributed by atoms with Crippen molar-refractivity contribution >= 4 is 11.8 Å². The van der Waals surface area contributed by atoms with Crippen molar-refractivity contribution in [2.45, 2.75) is 56.4 Å². The van der Waals surface area contributed by atoms with E-state index in [1.807, 2.05) is 18.2 Å². The fraction of sp³-hybridized carbons (Fsp3) is 0.379. The molecule has 0 radical (unpaired) electrons. The third kappa shape index (κ3) is 5.92. The molecule has 0 spiro atoms. The number of allylic oxidation sites excluding steroid dienone is 1. The Bertz CT molecular complexity index is 1150. The van der Waals surface area contributed by atoms with Gasteiger partial charge in [0.15, 0.2) is 0 Å². The molecule has 1 aliphatic carbocycles. The van der Waals surface area contributed by atoms with E-state index in [9.17, 15) is 24.2 Å². The molecule has 4 atom stereocenters. The molecule has 4 unspecified atom stereocenters. The highest BCUT2D eigenvalue weighted by Crippen LogP contribution is 2.47. The third-order valence-corrected chi connectivity index (χ3v) is 6.87. The Hall–Kier alpha value is -3.49. The summed E-state index contributed by atoms with van der Waals surface area (Å²) in [7, 11) is 0. The number of unbranched alkanes of at least 4 members (excludes halogenated alkanes) is 2. The second-order valence-electron chi connectivity index (χ2n) is 9.36. The minimum atomic E-state index is -1.11. The number of nitrogens with zero attached hydrogens (tertiary/aromatic N) is 1. The maximum absolute atomic E-state index is 13.5. The molecular weight excluding hydrogens is 475 g/mol. The number of carbonyl (C=O) groups excluding carboxylic acids is 2. The third-order valence-electron chi connectivity index (χ3n) is 6.87. The van der Waals surface area contributed by atoms with Gasteiger partial charge in [0.1, 0.15) is 23.8 Å². The molecule has 37 heavy (non-hydrogen) atoms. The molecule has 3 N–H and O–H groups in total. The summed E-state index contributed by atoms with van der Waals surface area (Å²) in [5.74, 6) is -0.888. The van der Waals surface area contributed by atoms with Crippen LogP contribution in [0.5, 0.6) is 5.75 Å². The first-order valence-electron chi connectivity index (χ1n) is 12.6. The highest BCUT2D eigenvalue weighted by atomic mass is 19.1. The van der Waals surface area contributed by atoms with Crippen molar-refractivity contribution in [2.75, 3.05) is 13.2 Å². The molecule has 7 nitrogen and oxygen atoms in total. The van der Waals surface area contributed by atoms with E-state index in [-0.39, 0.29) is 43.7 Å². The quantitative estimate of drug-likeness (QED) is 0.320. The van der Waals surface area contributed by atoms with Crippen molar-refractivity contribution in [1.82, 2.24) is 10.2 Å². The minimum absolute atomic E-state index is 0.0742. The number of ether oxygens (including phenoxy) is 1. The first-order valence-corrected chi connectivity index (χ1v) is 12.6. The molecule has 0 bridgehead atoms. The van der Waals surface area contributed by atoms with E-state index >= 15 is 0 Å². The summed E-state index contributed by atoms with van der Waals surface area (Å²) in [6.07, 6.45) is 4.08. The molecule has 8 heteroatoms. The Balaban J connectivity index is 1.70. The van der Waals surface area contributed by atoms with Crippen LogP contribution in [0.15, 0.2) is 72.8 Å². The van der Waals surface area contributed by atoms with Gasteiger partial charge in [-0.05, 0) is 49.1 Å². The lowest BCUT2D eigenvalue weighted by Gasteiger charge is -2.41. The fourth-order valence-corrected chi connectivity index (χ4v) is 5.05. The van der Waals surface area contributed by atoms with Gasteiger partial charge in [0.05, 0.1) is 18.6 Å². The number of nitrogens with one attached hydrogen (secondary N) is 1. The SMILES string of the molecule is C=CCCCCC(=O)N(Cc1ccc(F)cc1)C1C=C(C(=O)NCCO)C2c3ccccc3OC2C1O. The van der Waals surface area contributed by atoms with Crippen LogP contribution in [0.3, 0.4) is 0 Å². The van der Waals surface area contributed by atoms with Crippen LogP contribution in [0.2, 0.25) is 0 Å². The molecule has 0 fully saturated rings. The van der Waals surface area contributed by atoms with E-state index in [4.69, 9.17) is 4.74 Å². The van der Waals surface area contributed by atoms with E-state index in [0.717, 1.165) is 18.4 Å². The van der Waals surface area contributed by atoms with Gasteiger partial charge in [0.2, 0.25) is 11.8 Å². The van der Waals surface area contributed by atoms with Crippen LogP contribution in [-0.4, -0.2) is 58.3 Å². The summed E-state index contributed by atoms with van der Waals surface area (Å²) >= 11 is 0. The van der Waals surface area contributed by atoms with Crippen molar-refractivity contribution in [2.24, 2.45) is 0 Å². The zero-order valence-electron chi connectivity index (χ0n) is 20.7. The summed E-state index contributed by atoms with van der Waals surface area (Å²) in [6.45, 7) is 3.71. The second-order valence-corrected chi connectivity index (χ2v) is 9.36. The maximum Gasteiger partial charge on any atom is 0.247 e. The number of benzene rings is 2. The van der Waals surface area contributed by atoms with Crippen LogP contribution in [-0.2, 0) is 16.1 Å². The van der Waals surface area contributed by atoms with Crippen LogP contribution >= 0.6 is 0 Å². The zero-order valence-corrected chi connectivity index (χ0v) is 20.7. The molecule has 1 heterocycles. The van der Waals surface area contributed by atoms with E-state index < -0.39 is 24.2 Å². The van der Waals surface area contributed by atoms with Gasteiger partial charge in [-0.2, -0.15) is 0 Å². The predicted molar refractivity (Wildman–Crippen MR) is 137 cm³/mol. The Morgan fingerprint density at radius 3 is 2.62 bits per heavy atom. The van der Waals surface area contributed by atoms with Gasteiger partial charge in [0, 0.05) is 30.6 Å². The van der Waals surface area contributed by atoms with Crippen molar-refractivity contribution in [1.29, 1.82) is 0 Å². The number of aliphatic hydroxyl groups is 2. The Morgan fingerprint density at radius 2 is 1.89 bits per heavy atom. The first-order chi connectivity index (χ1) is 17.9. The lowest BCUT2D eigenvalue weighted by Crippen LogP contribution is -2.55. The summed E-state index contributed by atoms with van der Waals surface area (Å²) in [5.41, 5.74) is 1.86. The summed E-state index contributed by atoms with van der Waals surface area (Å²) in [6, 6.07) is 12.3. The first kappa shape index (κ1) is 26.6. The van der Waals surface area contributed by atoms with Gasteiger partial charge in [-0.3, -0.25) is 9.59 Å². The lowest BCUT2D eigenvalue weighted by molar-refractivity contribution is -0.138. The van der Waals surface area contributed by atoms with Gasteiger partial charge in [0.25, 0.3) is 0 Å². The van der Waals surface area contributed by atoms with Gasteiger partial charge >= 0.3 is 0 Å². The number of fused-ring (bicyclic) bond motifs is 3. The molecule has 2 amide bonds. The minimum Gasteiger partial charge on any atom is -0.486 e. The molecule has 2 aliphatic rings. The number of para-hydroxylation sites is 1. The van der Waals surface area contributed by atoms with Crippen LogP contribution in [0.1, 0.15) is 42.7 Å². The number of hydrogen-bond acceptors (Lipinski definition) is 5. The Morgan fingerprint density at radius 1 is 1.14 bits per heavy atom. The lowest BCUT2D eigenvalue weighted by atomic mass is 9.77. The van der Waals surface area contributed by atoms with Crippen LogP contribution in [0.4, 0.5) is 4.39 Å². The van der Waals surface area contributed by atoms with Crippen molar-refractivity contribution in [3.63, 3.8) is 0 Å². The summed E-state index contributed by atoms with van der Waals surface area (Å²) in [4.78, 5) is 28.3. The number of carbonyl (C=O) groups is 2. The van der Waals surface area contributed by atoms with Gasteiger partial charge < -0.3 is 25.2 Å². The molecule has 196 valence electrons. The second kappa shape index (κ2) is 12.2. The maximum atomic E-state index is 13.5. The van der Waals surface area contributed by atoms with Crippen molar-refractivity contribution in [3.8, 4) is 5.75 Å².